The maximum Gasteiger partial charge on any atom is 0.220 e. The van der Waals surface area contributed by atoms with Crippen molar-refractivity contribution in [2.24, 2.45) is 11.8 Å². The van der Waals surface area contributed by atoms with E-state index in [1.807, 2.05) is 0 Å². The Morgan fingerprint density at radius 2 is 1.82 bits per heavy atom. The largest absolute Gasteiger partial charge is 0.388 e. The highest BCUT2D eigenvalue weighted by atomic mass is 16.3. The highest BCUT2D eigenvalue weighted by Gasteiger charge is 2.29. The Labute approximate surface area is 105 Å². The minimum absolute atomic E-state index is 0.0743. The van der Waals surface area contributed by atoms with Crippen molar-refractivity contribution in [2.45, 2.75) is 64.9 Å². The quantitative estimate of drug-likeness (QED) is 0.777. The van der Waals surface area contributed by atoms with E-state index in [-0.39, 0.29) is 5.91 Å². The molecule has 1 aliphatic rings. The van der Waals surface area contributed by atoms with Crippen LogP contribution >= 0.6 is 0 Å². The molecule has 1 atom stereocenters. The number of nitrogens with one attached hydrogen (secondary N) is 1. The summed E-state index contributed by atoms with van der Waals surface area (Å²) >= 11 is 0. The van der Waals surface area contributed by atoms with Crippen molar-refractivity contribution in [3.63, 3.8) is 0 Å². The van der Waals surface area contributed by atoms with Crippen molar-refractivity contribution >= 4 is 5.91 Å². The van der Waals surface area contributed by atoms with E-state index in [4.69, 9.17) is 0 Å². The van der Waals surface area contributed by atoms with E-state index in [0.717, 1.165) is 25.7 Å². The molecule has 1 saturated carbocycles. The van der Waals surface area contributed by atoms with E-state index in [1.165, 1.54) is 6.42 Å². The standard InChI is InChI=1S/C14H27NO2/c1-11(2)12(3)9-13(16)15-10-14(17)7-5-4-6-8-14/h11-12,17H,4-10H2,1-3H3,(H,15,16). The van der Waals surface area contributed by atoms with Gasteiger partial charge in [0.15, 0.2) is 0 Å². The lowest BCUT2D eigenvalue weighted by Crippen LogP contribution is -2.44. The van der Waals surface area contributed by atoms with Crippen LogP contribution in [-0.2, 0) is 4.79 Å². The second-order valence-electron chi connectivity index (χ2n) is 5.99. The number of hydrogen-bond acceptors (Lipinski definition) is 2. The van der Waals surface area contributed by atoms with Gasteiger partial charge in [-0.25, -0.2) is 0 Å². The number of hydrogen-bond donors (Lipinski definition) is 2. The first-order chi connectivity index (χ1) is 7.93. The van der Waals surface area contributed by atoms with E-state index in [2.05, 4.69) is 26.1 Å². The number of rotatable bonds is 5. The molecule has 17 heavy (non-hydrogen) atoms. The van der Waals surface area contributed by atoms with Gasteiger partial charge in [0.2, 0.25) is 5.91 Å². The van der Waals surface area contributed by atoms with Crippen LogP contribution in [0, 0.1) is 11.8 Å². The average molecular weight is 241 g/mol. The molecular weight excluding hydrogens is 214 g/mol. The van der Waals surface area contributed by atoms with Gasteiger partial charge >= 0.3 is 0 Å². The van der Waals surface area contributed by atoms with Crippen molar-refractivity contribution in [3.05, 3.63) is 0 Å². The van der Waals surface area contributed by atoms with Crippen molar-refractivity contribution in [1.29, 1.82) is 0 Å². The van der Waals surface area contributed by atoms with E-state index < -0.39 is 5.60 Å². The number of aliphatic hydroxyl groups is 1. The van der Waals surface area contributed by atoms with Crippen LogP contribution in [0.4, 0.5) is 0 Å². The zero-order chi connectivity index (χ0) is 12.9. The molecule has 3 heteroatoms. The number of amides is 1. The molecule has 0 saturated heterocycles. The van der Waals surface area contributed by atoms with Crippen LogP contribution in [0.15, 0.2) is 0 Å². The SMILES string of the molecule is CC(C)C(C)CC(=O)NCC1(O)CCCCC1. The van der Waals surface area contributed by atoms with Crippen LogP contribution in [0.25, 0.3) is 0 Å². The summed E-state index contributed by atoms with van der Waals surface area (Å²) in [6.07, 6.45) is 5.58. The number of carbonyl (C=O) groups excluding carboxylic acids is 1. The molecule has 0 heterocycles. The fourth-order valence-corrected chi connectivity index (χ4v) is 2.25. The molecule has 0 radical (unpaired) electrons. The van der Waals surface area contributed by atoms with Crippen LogP contribution in [0.3, 0.4) is 0 Å². The molecule has 1 rings (SSSR count). The predicted molar refractivity (Wildman–Crippen MR) is 69.7 cm³/mol. The molecule has 0 aromatic rings. The molecule has 0 aromatic carbocycles. The molecule has 1 unspecified atom stereocenters. The van der Waals surface area contributed by atoms with E-state index >= 15 is 0 Å². The Kier molecular flexibility index (Phi) is 5.44. The summed E-state index contributed by atoms with van der Waals surface area (Å²) in [6, 6.07) is 0. The first kappa shape index (κ1) is 14.5. The second kappa shape index (κ2) is 6.39. The van der Waals surface area contributed by atoms with E-state index in [9.17, 15) is 9.90 Å². The van der Waals surface area contributed by atoms with Gasteiger partial charge in [0.05, 0.1) is 5.60 Å². The minimum atomic E-state index is -0.644. The summed E-state index contributed by atoms with van der Waals surface area (Å²) in [7, 11) is 0. The molecule has 0 spiro atoms. The first-order valence-electron chi connectivity index (χ1n) is 6.92. The van der Waals surface area contributed by atoms with Crippen LogP contribution < -0.4 is 5.32 Å². The lowest BCUT2D eigenvalue weighted by atomic mass is 9.85. The van der Waals surface area contributed by atoms with E-state index in [1.54, 1.807) is 0 Å². The smallest absolute Gasteiger partial charge is 0.220 e. The minimum Gasteiger partial charge on any atom is -0.388 e. The first-order valence-corrected chi connectivity index (χ1v) is 6.92. The zero-order valence-corrected chi connectivity index (χ0v) is 11.5. The van der Waals surface area contributed by atoms with E-state index in [0.29, 0.717) is 24.8 Å². The van der Waals surface area contributed by atoms with Gasteiger partial charge in [-0.3, -0.25) is 4.79 Å². The van der Waals surface area contributed by atoms with Crippen LogP contribution in [-0.4, -0.2) is 23.2 Å². The van der Waals surface area contributed by atoms with Gasteiger partial charge < -0.3 is 10.4 Å². The van der Waals surface area contributed by atoms with Crippen LogP contribution in [0.5, 0.6) is 0 Å². The fourth-order valence-electron chi connectivity index (χ4n) is 2.25. The Hall–Kier alpha value is -0.570. The average Bonchev–Trinajstić information content (AvgIpc) is 2.27. The maximum absolute atomic E-state index is 11.7. The van der Waals surface area contributed by atoms with Gasteiger partial charge in [-0.2, -0.15) is 0 Å². The summed E-state index contributed by atoms with van der Waals surface area (Å²) in [5.74, 6) is 1.000. The van der Waals surface area contributed by atoms with Crippen molar-refractivity contribution < 1.29 is 9.90 Å². The molecule has 0 aliphatic heterocycles. The Morgan fingerprint density at radius 1 is 1.24 bits per heavy atom. The third-order valence-corrected chi connectivity index (χ3v) is 4.04. The summed E-state index contributed by atoms with van der Waals surface area (Å²) in [6.45, 7) is 6.79. The Morgan fingerprint density at radius 3 is 2.35 bits per heavy atom. The summed E-state index contributed by atoms with van der Waals surface area (Å²) in [5, 5.41) is 13.1. The Bertz CT molecular complexity index is 245. The number of carbonyl (C=O) groups is 1. The highest BCUT2D eigenvalue weighted by molar-refractivity contribution is 5.76. The Balaban J connectivity index is 2.27. The maximum atomic E-state index is 11.7. The van der Waals surface area contributed by atoms with Crippen LogP contribution in [0.1, 0.15) is 59.3 Å². The molecule has 2 N–H and O–H groups in total. The molecule has 1 aliphatic carbocycles. The van der Waals surface area contributed by atoms with Crippen molar-refractivity contribution in [3.8, 4) is 0 Å². The fraction of sp³-hybridized carbons (Fsp3) is 0.929. The molecular formula is C14H27NO2. The lowest BCUT2D eigenvalue weighted by Gasteiger charge is -2.32. The third kappa shape index (κ3) is 5.07. The van der Waals surface area contributed by atoms with Gasteiger partial charge in [-0.15, -0.1) is 0 Å². The molecule has 0 bridgehead atoms. The van der Waals surface area contributed by atoms with Crippen molar-refractivity contribution in [1.82, 2.24) is 5.32 Å². The molecule has 100 valence electrons. The van der Waals surface area contributed by atoms with Gasteiger partial charge in [-0.1, -0.05) is 40.0 Å². The topological polar surface area (TPSA) is 49.3 Å². The van der Waals surface area contributed by atoms with Gasteiger partial charge in [0.25, 0.3) is 0 Å². The van der Waals surface area contributed by atoms with Crippen LogP contribution in [0.2, 0.25) is 0 Å². The van der Waals surface area contributed by atoms with Gasteiger partial charge in [0, 0.05) is 13.0 Å². The molecule has 3 nitrogen and oxygen atoms in total. The normalized spacial score (nSPS) is 21.2. The monoisotopic (exact) mass is 241 g/mol. The van der Waals surface area contributed by atoms with Gasteiger partial charge in [-0.05, 0) is 24.7 Å². The highest BCUT2D eigenvalue weighted by Crippen LogP contribution is 2.27. The van der Waals surface area contributed by atoms with Crippen molar-refractivity contribution in [2.75, 3.05) is 6.54 Å². The molecule has 1 fully saturated rings. The second-order valence-corrected chi connectivity index (χ2v) is 5.99. The lowest BCUT2D eigenvalue weighted by molar-refractivity contribution is -0.123. The van der Waals surface area contributed by atoms with Gasteiger partial charge in [0.1, 0.15) is 0 Å². The summed E-state index contributed by atoms with van der Waals surface area (Å²) in [5.41, 5.74) is -0.644. The summed E-state index contributed by atoms with van der Waals surface area (Å²) in [4.78, 5) is 11.7. The molecule has 0 aromatic heterocycles. The molecule has 1 amide bonds. The zero-order valence-electron chi connectivity index (χ0n) is 11.5. The predicted octanol–water partition coefficient (Wildman–Crippen LogP) is 2.48. The summed E-state index contributed by atoms with van der Waals surface area (Å²) < 4.78 is 0. The third-order valence-electron chi connectivity index (χ3n) is 4.04.